The molecule has 2 rings (SSSR count). The lowest BCUT2D eigenvalue weighted by Gasteiger charge is -2.30. The highest BCUT2D eigenvalue weighted by molar-refractivity contribution is 5.79. The summed E-state index contributed by atoms with van der Waals surface area (Å²) < 4.78 is 0.588. The van der Waals surface area contributed by atoms with Crippen LogP contribution in [0.15, 0.2) is 54.6 Å². The summed E-state index contributed by atoms with van der Waals surface area (Å²) >= 11 is 0. The molecule has 0 aromatic heterocycles. The van der Waals surface area contributed by atoms with Crippen LogP contribution >= 0.6 is 0 Å². The van der Waals surface area contributed by atoms with Crippen LogP contribution < -0.4 is 10.2 Å². The quantitative estimate of drug-likeness (QED) is 0.838. The Morgan fingerprint density at radius 2 is 1.58 bits per heavy atom. The van der Waals surface area contributed by atoms with Gasteiger partial charge in [0.15, 0.2) is 0 Å². The number of primary amides is 1. The summed E-state index contributed by atoms with van der Waals surface area (Å²) in [6, 6.07) is 18.1. The zero-order valence-corrected chi connectivity index (χ0v) is 11.3. The number of hydrogen-bond acceptors (Lipinski definition) is 1. The van der Waals surface area contributed by atoms with Gasteiger partial charge >= 0.3 is 0 Å². The lowest BCUT2D eigenvalue weighted by molar-refractivity contribution is -0.117. The van der Waals surface area contributed by atoms with E-state index in [2.05, 4.69) is 26.2 Å². The summed E-state index contributed by atoms with van der Waals surface area (Å²) in [6.45, 7) is 0. The second kappa shape index (κ2) is 5.24. The van der Waals surface area contributed by atoms with E-state index in [0.717, 1.165) is 11.3 Å². The minimum atomic E-state index is -0.305. The van der Waals surface area contributed by atoms with Gasteiger partial charge in [-0.25, -0.2) is 0 Å². The van der Waals surface area contributed by atoms with Gasteiger partial charge in [0.25, 0.3) is 0 Å². The Morgan fingerprint density at radius 1 is 1.00 bits per heavy atom. The molecule has 0 fully saturated rings. The molecule has 0 aliphatic rings. The zero-order chi connectivity index (χ0) is 13.9. The van der Waals surface area contributed by atoms with Crippen LogP contribution in [-0.2, 0) is 11.2 Å². The van der Waals surface area contributed by atoms with Crippen molar-refractivity contribution in [1.82, 2.24) is 4.48 Å². The van der Waals surface area contributed by atoms with Crippen LogP contribution in [0.4, 0.5) is 11.4 Å². The molecule has 0 spiro atoms. The fourth-order valence-corrected chi connectivity index (χ4v) is 2.33. The van der Waals surface area contributed by atoms with Crippen molar-refractivity contribution >= 4 is 17.3 Å². The summed E-state index contributed by atoms with van der Waals surface area (Å²) in [5.74, 6) is -0.305. The molecule has 0 atom stereocenters. The molecule has 2 aromatic rings. The van der Waals surface area contributed by atoms with E-state index in [0.29, 0.717) is 4.48 Å². The number of para-hydroxylation sites is 2. The molecule has 19 heavy (non-hydrogen) atoms. The van der Waals surface area contributed by atoms with E-state index < -0.39 is 0 Å². The van der Waals surface area contributed by atoms with Crippen molar-refractivity contribution < 1.29 is 4.79 Å². The van der Waals surface area contributed by atoms with Crippen molar-refractivity contribution in [3.8, 4) is 0 Å². The van der Waals surface area contributed by atoms with Crippen LogP contribution in [0.2, 0.25) is 0 Å². The smallest absolute Gasteiger partial charge is 0.222 e. The molecule has 0 aliphatic heterocycles. The first-order valence-electron chi connectivity index (χ1n) is 6.28. The predicted molar refractivity (Wildman–Crippen MR) is 79.1 cm³/mol. The highest BCUT2D eigenvalue weighted by atomic mass is 16.1. The van der Waals surface area contributed by atoms with Crippen molar-refractivity contribution in [3.63, 3.8) is 0 Å². The van der Waals surface area contributed by atoms with Crippen LogP contribution in [0.3, 0.4) is 0 Å². The first-order chi connectivity index (χ1) is 9.01. The second-order valence-corrected chi connectivity index (χ2v) is 5.06. The highest BCUT2D eigenvalue weighted by Crippen LogP contribution is 2.33. The number of quaternary nitrogens is 1. The molecule has 3 heteroatoms. The minimum absolute atomic E-state index is 0.269. The number of amides is 1. The number of carbonyl (C=O) groups excluding carboxylic acids is 1. The van der Waals surface area contributed by atoms with Crippen LogP contribution in [0.25, 0.3) is 0 Å². The normalized spacial score (nSPS) is 11.3. The summed E-state index contributed by atoms with van der Waals surface area (Å²) in [5, 5.41) is 0. The second-order valence-electron chi connectivity index (χ2n) is 5.06. The van der Waals surface area contributed by atoms with E-state index in [-0.39, 0.29) is 12.3 Å². The maximum atomic E-state index is 11.2. The number of nitrogens with zero attached hydrogens (tertiary/aromatic N) is 1. The van der Waals surface area contributed by atoms with Crippen molar-refractivity contribution in [2.75, 3.05) is 14.1 Å². The van der Waals surface area contributed by atoms with Gasteiger partial charge in [0.2, 0.25) is 5.91 Å². The standard InChI is InChI=1S/C16H18N2O/c1-18(2,14-9-4-3-5-10-14)15-11-7-6-8-13(15)12-16(17)19/h3-11H,12H2,1-2H3,(H-,17,19)/p+1. The van der Waals surface area contributed by atoms with E-state index in [4.69, 9.17) is 5.73 Å². The topological polar surface area (TPSA) is 43.1 Å². The molecule has 3 nitrogen and oxygen atoms in total. The zero-order valence-electron chi connectivity index (χ0n) is 11.3. The third-order valence-corrected chi connectivity index (χ3v) is 3.36. The Hall–Kier alpha value is -2.13. The first-order valence-corrected chi connectivity index (χ1v) is 6.28. The van der Waals surface area contributed by atoms with Gasteiger partial charge in [0, 0.05) is 5.56 Å². The third-order valence-electron chi connectivity index (χ3n) is 3.36. The Kier molecular flexibility index (Phi) is 3.67. The van der Waals surface area contributed by atoms with Crippen molar-refractivity contribution in [3.05, 3.63) is 60.2 Å². The average Bonchev–Trinajstić information content (AvgIpc) is 2.39. The summed E-state index contributed by atoms with van der Waals surface area (Å²) in [4.78, 5) is 11.2. The fraction of sp³-hybridized carbons (Fsp3) is 0.188. The SMILES string of the molecule is C[N+](C)(c1ccccc1)c1ccccc1CC(N)=O. The number of carbonyl (C=O) groups is 1. The Labute approximate surface area is 113 Å². The van der Waals surface area contributed by atoms with Gasteiger partial charge in [-0.3, -0.25) is 9.28 Å². The predicted octanol–water partition coefficient (Wildman–Crippen LogP) is 2.61. The van der Waals surface area contributed by atoms with Crippen molar-refractivity contribution in [2.45, 2.75) is 6.42 Å². The lowest BCUT2D eigenvalue weighted by atomic mass is 10.1. The van der Waals surface area contributed by atoms with Crippen LogP contribution in [0.1, 0.15) is 5.56 Å². The molecule has 98 valence electrons. The number of rotatable bonds is 4. The molecule has 2 aromatic carbocycles. The maximum absolute atomic E-state index is 11.2. The first kappa shape index (κ1) is 13.3. The van der Waals surface area contributed by atoms with Crippen LogP contribution in [-0.4, -0.2) is 20.0 Å². The molecular formula is C16H19N2O+. The van der Waals surface area contributed by atoms with E-state index in [1.54, 1.807) is 0 Å². The minimum Gasteiger partial charge on any atom is -0.369 e. The van der Waals surface area contributed by atoms with Gasteiger partial charge in [-0.15, -0.1) is 0 Å². The van der Waals surface area contributed by atoms with Gasteiger partial charge in [-0.1, -0.05) is 36.4 Å². The summed E-state index contributed by atoms with van der Waals surface area (Å²) in [7, 11) is 4.21. The highest BCUT2D eigenvalue weighted by Gasteiger charge is 2.25. The van der Waals surface area contributed by atoms with Gasteiger partial charge in [0.1, 0.15) is 11.4 Å². The van der Waals surface area contributed by atoms with E-state index >= 15 is 0 Å². The molecule has 0 bridgehead atoms. The van der Waals surface area contributed by atoms with E-state index in [1.165, 1.54) is 5.69 Å². The molecule has 0 heterocycles. The lowest BCUT2D eigenvalue weighted by Crippen LogP contribution is -2.35. The fourth-order valence-electron chi connectivity index (χ4n) is 2.33. The molecule has 0 saturated carbocycles. The monoisotopic (exact) mass is 255 g/mol. The third kappa shape index (κ3) is 2.83. The Morgan fingerprint density at radius 3 is 2.21 bits per heavy atom. The molecule has 0 saturated heterocycles. The molecule has 1 amide bonds. The van der Waals surface area contributed by atoms with Crippen molar-refractivity contribution in [2.24, 2.45) is 5.73 Å². The van der Waals surface area contributed by atoms with Gasteiger partial charge in [-0.05, 0) is 18.2 Å². The largest absolute Gasteiger partial charge is 0.369 e. The van der Waals surface area contributed by atoms with Gasteiger partial charge in [0.05, 0.1) is 20.5 Å². The summed E-state index contributed by atoms with van der Waals surface area (Å²) in [6.07, 6.45) is 0.269. The van der Waals surface area contributed by atoms with Gasteiger partial charge < -0.3 is 5.73 Å². The Balaban J connectivity index is 2.49. The summed E-state index contributed by atoms with van der Waals surface area (Å²) in [5.41, 5.74) is 8.56. The van der Waals surface area contributed by atoms with Gasteiger partial charge in [-0.2, -0.15) is 0 Å². The molecular weight excluding hydrogens is 236 g/mol. The maximum Gasteiger partial charge on any atom is 0.222 e. The van der Waals surface area contributed by atoms with E-state index in [9.17, 15) is 4.79 Å². The van der Waals surface area contributed by atoms with Crippen LogP contribution in [0, 0.1) is 0 Å². The molecule has 0 radical (unpaired) electrons. The number of benzene rings is 2. The van der Waals surface area contributed by atoms with E-state index in [1.807, 2.05) is 42.5 Å². The molecule has 0 unspecified atom stereocenters. The van der Waals surface area contributed by atoms with Crippen molar-refractivity contribution in [1.29, 1.82) is 0 Å². The molecule has 0 aliphatic carbocycles. The molecule has 2 N–H and O–H groups in total. The van der Waals surface area contributed by atoms with Crippen LogP contribution in [0.5, 0.6) is 0 Å². The number of nitrogens with two attached hydrogens (primary N) is 1. The average molecular weight is 255 g/mol. The Bertz CT molecular complexity index is 576. The number of hydrogen-bond donors (Lipinski definition) is 1.